The van der Waals surface area contributed by atoms with Crippen LogP contribution in [0, 0.1) is 5.82 Å². The van der Waals surface area contributed by atoms with Crippen molar-refractivity contribution in [2.24, 2.45) is 0 Å². The monoisotopic (exact) mass is 489 g/mol. The van der Waals surface area contributed by atoms with Gasteiger partial charge in [-0.05, 0) is 62.1 Å². The number of nitrogens with zero attached hydrogens (tertiary/aromatic N) is 1. The molecule has 3 N–H and O–H groups in total. The zero-order valence-electron chi connectivity index (χ0n) is 18.6. The number of rotatable bonds is 5. The Morgan fingerprint density at radius 3 is 2.66 bits per heavy atom. The fourth-order valence-corrected chi connectivity index (χ4v) is 4.39. The molecule has 1 aromatic heterocycles. The van der Waals surface area contributed by atoms with Crippen LogP contribution in [0.25, 0.3) is 11.1 Å². The van der Waals surface area contributed by atoms with Crippen LogP contribution in [0.15, 0.2) is 69.2 Å². The molecule has 2 aromatic carbocycles. The largest absolute Gasteiger partial charge is 0.419 e. The summed E-state index contributed by atoms with van der Waals surface area (Å²) < 4.78 is 58.0. The van der Waals surface area contributed by atoms with Gasteiger partial charge in [0.1, 0.15) is 5.82 Å². The predicted octanol–water partition coefficient (Wildman–Crippen LogP) is 5.67. The highest BCUT2D eigenvalue weighted by Crippen LogP contribution is 2.38. The molecule has 2 aliphatic rings. The van der Waals surface area contributed by atoms with E-state index in [0.717, 1.165) is 37.1 Å². The van der Waals surface area contributed by atoms with Crippen molar-refractivity contribution in [3.63, 3.8) is 0 Å². The number of H-pyrrole nitrogens is 1. The Kier molecular flexibility index (Phi) is 5.71. The van der Waals surface area contributed by atoms with Crippen LogP contribution in [0.4, 0.5) is 28.9 Å². The average molecular weight is 489 g/mol. The summed E-state index contributed by atoms with van der Waals surface area (Å²) in [6.45, 7) is 0.263. The van der Waals surface area contributed by atoms with Crippen molar-refractivity contribution < 1.29 is 27.1 Å². The molecule has 1 fully saturated rings. The highest BCUT2D eigenvalue weighted by molar-refractivity contribution is 5.77. The number of benzene rings is 2. The number of anilines is 2. The third-order valence-electron chi connectivity index (χ3n) is 6.52. The summed E-state index contributed by atoms with van der Waals surface area (Å²) in [4.78, 5) is 15.6. The Labute approximate surface area is 197 Å². The van der Waals surface area contributed by atoms with E-state index in [9.17, 15) is 27.5 Å². The van der Waals surface area contributed by atoms with Crippen LogP contribution in [0.2, 0.25) is 0 Å². The molecule has 5 rings (SSSR count). The van der Waals surface area contributed by atoms with Gasteiger partial charge in [-0.3, -0.25) is 4.98 Å². The summed E-state index contributed by atoms with van der Waals surface area (Å²) in [5.41, 5.74) is 1.46. The molecule has 1 atom stereocenters. The molecule has 1 saturated carbocycles. The minimum atomic E-state index is -4.79. The Bertz CT molecular complexity index is 1380. The number of nitrogens with one attached hydrogen (secondary N) is 2. The Morgan fingerprint density at radius 2 is 2.00 bits per heavy atom. The summed E-state index contributed by atoms with van der Waals surface area (Å²) in [5, 5.41) is 14.6. The average Bonchev–Trinajstić information content (AvgIpc) is 3.12. The zero-order valence-corrected chi connectivity index (χ0v) is 18.6. The number of fused-ring (bicyclic) bond motifs is 1. The van der Waals surface area contributed by atoms with Crippen LogP contribution in [-0.4, -0.2) is 22.2 Å². The fraction of sp³-hybridized carbons (Fsp3) is 0.320. The molecule has 6 nitrogen and oxygen atoms in total. The number of oxazole rings is 1. The first-order valence-electron chi connectivity index (χ1n) is 11.3. The zero-order chi connectivity index (χ0) is 24.8. The van der Waals surface area contributed by atoms with Gasteiger partial charge in [-0.15, -0.1) is 0 Å². The Hall–Kier alpha value is -3.53. The number of halogens is 4. The van der Waals surface area contributed by atoms with E-state index in [1.807, 2.05) is 6.07 Å². The summed E-state index contributed by atoms with van der Waals surface area (Å²) in [6.07, 6.45) is 1.76. The molecular weight excluding hydrogens is 466 g/mol. The van der Waals surface area contributed by atoms with Crippen molar-refractivity contribution in [3.8, 4) is 0 Å². The minimum absolute atomic E-state index is 0.203. The van der Waals surface area contributed by atoms with Gasteiger partial charge in [0, 0.05) is 42.3 Å². The third kappa shape index (κ3) is 4.84. The van der Waals surface area contributed by atoms with Gasteiger partial charge >= 0.3 is 11.9 Å². The molecule has 0 bridgehead atoms. The maximum atomic E-state index is 13.6. The van der Waals surface area contributed by atoms with Crippen LogP contribution in [0.5, 0.6) is 0 Å². The first kappa shape index (κ1) is 23.2. The lowest BCUT2D eigenvalue weighted by atomic mass is 9.84. The Morgan fingerprint density at radius 1 is 1.20 bits per heavy atom. The lowest BCUT2D eigenvalue weighted by molar-refractivity contribution is -0.139. The molecule has 0 amide bonds. The van der Waals surface area contributed by atoms with Gasteiger partial charge < -0.3 is 19.7 Å². The molecule has 0 saturated heterocycles. The smallest absolute Gasteiger partial charge is 0.408 e. The summed E-state index contributed by atoms with van der Waals surface area (Å²) >= 11 is 0. The standard InChI is InChI=1S/C25H23F4N3O3/c26-19-6-5-17(13-18(19)25(27,28)29)32-10-8-24(34,9-11-32)14-21(15-2-1-3-15)30-16-4-7-20-22(12-16)35-23(33)31-20/h4-8,10,12-13,30,34H,1-3,9,11,14H2,(H,31,33). The Balaban J connectivity index is 1.35. The van der Waals surface area contributed by atoms with Crippen LogP contribution in [0.1, 0.15) is 37.7 Å². The highest BCUT2D eigenvalue weighted by atomic mass is 19.4. The van der Waals surface area contributed by atoms with Crippen LogP contribution in [-0.2, 0) is 6.18 Å². The first-order valence-corrected chi connectivity index (χ1v) is 11.3. The number of aromatic nitrogens is 1. The van der Waals surface area contributed by atoms with Gasteiger partial charge in [-0.2, -0.15) is 13.2 Å². The second-order valence-electron chi connectivity index (χ2n) is 8.99. The van der Waals surface area contributed by atoms with Crippen molar-refractivity contribution in [1.29, 1.82) is 0 Å². The summed E-state index contributed by atoms with van der Waals surface area (Å²) in [7, 11) is 0. The van der Waals surface area contributed by atoms with E-state index in [0.29, 0.717) is 23.2 Å². The number of aliphatic hydroxyl groups is 1. The second kappa shape index (κ2) is 8.60. The number of allylic oxidation sites excluding steroid dienone is 1. The van der Waals surface area contributed by atoms with E-state index in [1.165, 1.54) is 11.6 Å². The number of hydrogen-bond donors (Lipinski definition) is 3. The number of alkyl halides is 3. The fourth-order valence-electron chi connectivity index (χ4n) is 4.39. The molecule has 3 aromatic rings. The van der Waals surface area contributed by atoms with Crippen LogP contribution < -0.4 is 16.0 Å². The molecule has 1 aliphatic heterocycles. The molecule has 10 heteroatoms. The first-order chi connectivity index (χ1) is 16.6. The quantitative estimate of drug-likeness (QED) is 0.402. The summed E-state index contributed by atoms with van der Waals surface area (Å²) in [6, 6.07) is 8.13. The van der Waals surface area contributed by atoms with Gasteiger partial charge in [0.25, 0.3) is 0 Å². The van der Waals surface area contributed by atoms with Gasteiger partial charge in [0.15, 0.2) is 5.58 Å². The van der Waals surface area contributed by atoms with E-state index in [-0.39, 0.29) is 18.7 Å². The van der Waals surface area contributed by atoms with E-state index >= 15 is 0 Å². The maximum absolute atomic E-state index is 13.6. The molecule has 0 radical (unpaired) electrons. The molecular formula is C25H23F4N3O3. The topological polar surface area (TPSA) is 81.5 Å². The highest BCUT2D eigenvalue weighted by Gasteiger charge is 2.36. The lowest BCUT2D eigenvalue weighted by Gasteiger charge is -2.36. The van der Waals surface area contributed by atoms with E-state index < -0.39 is 28.9 Å². The van der Waals surface area contributed by atoms with Gasteiger partial charge in [-0.25, -0.2) is 9.18 Å². The van der Waals surface area contributed by atoms with Crippen molar-refractivity contribution in [2.45, 2.75) is 43.9 Å². The van der Waals surface area contributed by atoms with Gasteiger partial charge in [0.2, 0.25) is 0 Å². The molecule has 184 valence electrons. The van der Waals surface area contributed by atoms with E-state index in [1.54, 1.807) is 29.3 Å². The van der Waals surface area contributed by atoms with Crippen molar-refractivity contribution >= 4 is 22.5 Å². The summed E-state index contributed by atoms with van der Waals surface area (Å²) in [5.74, 6) is -1.86. The van der Waals surface area contributed by atoms with Crippen molar-refractivity contribution in [3.05, 3.63) is 81.9 Å². The number of aromatic amines is 1. The van der Waals surface area contributed by atoms with E-state index in [2.05, 4.69) is 10.3 Å². The molecule has 2 heterocycles. The molecule has 1 unspecified atom stereocenters. The minimum Gasteiger partial charge on any atom is -0.408 e. The third-order valence-corrected chi connectivity index (χ3v) is 6.52. The lowest BCUT2D eigenvalue weighted by Crippen LogP contribution is -2.38. The van der Waals surface area contributed by atoms with Gasteiger partial charge in [0.05, 0.1) is 16.7 Å². The normalized spacial score (nSPS) is 20.3. The van der Waals surface area contributed by atoms with Crippen LogP contribution >= 0.6 is 0 Å². The molecule has 0 spiro atoms. The predicted molar refractivity (Wildman–Crippen MR) is 123 cm³/mol. The maximum Gasteiger partial charge on any atom is 0.419 e. The SMILES string of the molecule is O=c1[nH]c2ccc(NC(CC3(O)C=CN(c4ccc(F)c(C(F)(F)F)c4)CC3)=C3CCC3)cc2o1. The van der Waals surface area contributed by atoms with Gasteiger partial charge in [-0.1, -0.05) is 5.57 Å². The molecule has 1 aliphatic carbocycles. The van der Waals surface area contributed by atoms with Crippen molar-refractivity contribution in [2.75, 3.05) is 16.8 Å². The van der Waals surface area contributed by atoms with E-state index in [4.69, 9.17) is 4.42 Å². The van der Waals surface area contributed by atoms with Crippen molar-refractivity contribution in [1.82, 2.24) is 4.98 Å². The number of hydrogen-bond acceptors (Lipinski definition) is 5. The molecule has 35 heavy (non-hydrogen) atoms. The van der Waals surface area contributed by atoms with Crippen LogP contribution in [0.3, 0.4) is 0 Å². The second-order valence-corrected chi connectivity index (χ2v) is 8.99.